The molecule has 1 aliphatic carbocycles. The van der Waals surface area contributed by atoms with Crippen molar-refractivity contribution in [2.45, 2.75) is 71.0 Å². The van der Waals surface area contributed by atoms with Gasteiger partial charge in [-0.3, -0.25) is 0 Å². The van der Waals surface area contributed by atoms with Gasteiger partial charge in [0, 0.05) is 0 Å². The summed E-state index contributed by atoms with van der Waals surface area (Å²) in [4.78, 5) is 0. The van der Waals surface area contributed by atoms with Crippen LogP contribution in [-0.4, -0.2) is 21.4 Å². The van der Waals surface area contributed by atoms with Gasteiger partial charge in [0.05, 0.1) is 11.2 Å². The molecule has 0 saturated heterocycles. The molecule has 0 spiro atoms. The van der Waals surface area contributed by atoms with Gasteiger partial charge in [-0.2, -0.15) is 0 Å². The third-order valence-electron chi connectivity index (χ3n) is 4.58. The lowest BCUT2D eigenvalue weighted by Gasteiger charge is -2.48. The van der Waals surface area contributed by atoms with Crippen molar-refractivity contribution >= 4 is 0 Å². The van der Waals surface area contributed by atoms with E-state index in [1.165, 1.54) is 0 Å². The fourth-order valence-electron chi connectivity index (χ4n) is 3.33. The Morgan fingerprint density at radius 2 is 1.94 bits per heavy atom. The van der Waals surface area contributed by atoms with Crippen LogP contribution in [0.15, 0.2) is 12.7 Å². The number of aliphatic hydroxyl groups is 2. The highest BCUT2D eigenvalue weighted by Gasteiger charge is 2.45. The second-order valence-corrected chi connectivity index (χ2v) is 6.85. The average Bonchev–Trinajstić information content (AvgIpc) is 2.14. The van der Waals surface area contributed by atoms with Crippen LogP contribution in [-0.2, 0) is 0 Å². The standard InChI is InChI=1S/C15H28O2/c1-6-14(4,16)11-8-12-13(2,3)9-7-10-15(12,5)17/h6,12,16-17H,1,7-11H2,2-5H3/t12-,14?,15-/m0/s1. The van der Waals surface area contributed by atoms with Crippen LogP contribution in [0.2, 0.25) is 0 Å². The Hall–Kier alpha value is -0.340. The first-order chi connectivity index (χ1) is 7.61. The van der Waals surface area contributed by atoms with Gasteiger partial charge < -0.3 is 10.2 Å². The molecule has 1 unspecified atom stereocenters. The number of hydrogen-bond acceptors (Lipinski definition) is 2. The minimum atomic E-state index is -0.816. The zero-order valence-corrected chi connectivity index (χ0v) is 11.8. The molecule has 3 atom stereocenters. The van der Waals surface area contributed by atoms with E-state index in [0.717, 1.165) is 25.7 Å². The monoisotopic (exact) mass is 240 g/mol. The highest BCUT2D eigenvalue weighted by molar-refractivity contribution is 4.99. The van der Waals surface area contributed by atoms with E-state index in [9.17, 15) is 10.2 Å². The van der Waals surface area contributed by atoms with Crippen molar-refractivity contribution in [2.24, 2.45) is 11.3 Å². The van der Waals surface area contributed by atoms with Crippen LogP contribution in [0.5, 0.6) is 0 Å². The highest BCUT2D eigenvalue weighted by Crippen LogP contribution is 2.48. The zero-order chi connectivity index (χ0) is 13.3. The Morgan fingerprint density at radius 3 is 2.41 bits per heavy atom. The molecule has 0 aromatic carbocycles. The van der Waals surface area contributed by atoms with Crippen molar-refractivity contribution in [1.29, 1.82) is 0 Å². The van der Waals surface area contributed by atoms with Gasteiger partial charge >= 0.3 is 0 Å². The highest BCUT2D eigenvalue weighted by atomic mass is 16.3. The quantitative estimate of drug-likeness (QED) is 0.740. The van der Waals surface area contributed by atoms with Crippen molar-refractivity contribution in [3.63, 3.8) is 0 Å². The molecular weight excluding hydrogens is 212 g/mol. The Kier molecular flexibility index (Phi) is 4.10. The fraction of sp³-hybridized carbons (Fsp3) is 0.867. The summed E-state index contributed by atoms with van der Waals surface area (Å²) >= 11 is 0. The first kappa shape index (κ1) is 14.7. The summed E-state index contributed by atoms with van der Waals surface area (Å²) in [5.41, 5.74) is -1.26. The molecule has 100 valence electrons. The largest absolute Gasteiger partial charge is 0.390 e. The summed E-state index contributed by atoms with van der Waals surface area (Å²) in [5, 5.41) is 20.5. The Morgan fingerprint density at radius 1 is 1.35 bits per heavy atom. The third-order valence-corrected chi connectivity index (χ3v) is 4.58. The predicted molar refractivity (Wildman–Crippen MR) is 71.8 cm³/mol. The Labute approximate surface area is 106 Å². The SMILES string of the molecule is C=CC(C)(O)CC[C@H]1C(C)(C)CCC[C@]1(C)O. The first-order valence-electron chi connectivity index (χ1n) is 6.69. The third kappa shape index (κ3) is 3.56. The fourth-order valence-corrected chi connectivity index (χ4v) is 3.33. The number of hydrogen-bond donors (Lipinski definition) is 2. The minimum Gasteiger partial charge on any atom is -0.390 e. The van der Waals surface area contributed by atoms with Crippen LogP contribution in [0.4, 0.5) is 0 Å². The van der Waals surface area contributed by atoms with Crippen molar-refractivity contribution in [3.05, 3.63) is 12.7 Å². The molecular formula is C15H28O2. The van der Waals surface area contributed by atoms with Crippen LogP contribution in [0.1, 0.15) is 59.8 Å². The smallest absolute Gasteiger partial charge is 0.0797 e. The molecule has 1 aliphatic rings. The van der Waals surface area contributed by atoms with E-state index in [0.29, 0.717) is 6.42 Å². The lowest BCUT2D eigenvalue weighted by molar-refractivity contribution is -0.0974. The van der Waals surface area contributed by atoms with Gasteiger partial charge in [0.15, 0.2) is 0 Å². The van der Waals surface area contributed by atoms with Gasteiger partial charge in [-0.05, 0) is 50.9 Å². The van der Waals surface area contributed by atoms with Crippen molar-refractivity contribution in [2.75, 3.05) is 0 Å². The average molecular weight is 240 g/mol. The molecule has 17 heavy (non-hydrogen) atoms. The normalized spacial score (nSPS) is 36.2. The maximum atomic E-state index is 10.5. The van der Waals surface area contributed by atoms with Crippen LogP contribution >= 0.6 is 0 Å². The van der Waals surface area contributed by atoms with Gasteiger partial charge in [-0.1, -0.05) is 26.3 Å². The summed E-state index contributed by atoms with van der Waals surface area (Å²) in [6.07, 6.45) is 6.23. The van der Waals surface area contributed by atoms with E-state index in [1.807, 2.05) is 6.92 Å². The molecule has 0 aliphatic heterocycles. The second kappa shape index (κ2) is 4.74. The summed E-state index contributed by atoms with van der Waals surface area (Å²) < 4.78 is 0. The van der Waals surface area contributed by atoms with Crippen LogP contribution in [0.3, 0.4) is 0 Å². The topological polar surface area (TPSA) is 40.5 Å². The van der Waals surface area contributed by atoms with Crippen LogP contribution < -0.4 is 0 Å². The lowest BCUT2D eigenvalue weighted by atomic mass is 9.60. The Balaban J connectivity index is 2.74. The van der Waals surface area contributed by atoms with E-state index >= 15 is 0 Å². The molecule has 1 saturated carbocycles. The van der Waals surface area contributed by atoms with Gasteiger partial charge in [0.1, 0.15) is 0 Å². The van der Waals surface area contributed by atoms with E-state index < -0.39 is 11.2 Å². The molecule has 0 aromatic rings. The summed E-state index contributed by atoms with van der Waals surface area (Å²) in [7, 11) is 0. The van der Waals surface area contributed by atoms with Crippen molar-refractivity contribution in [1.82, 2.24) is 0 Å². The molecule has 0 amide bonds. The summed E-state index contributed by atoms with van der Waals surface area (Å²) in [6, 6.07) is 0. The maximum absolute atomic E-state index is 10.5. The van der Waals surface area contributed by atoms with E-state index in [-0.39, 0.29) is 11.3 Å². The second-order valence-electron chi connectivity index (χ2n) is 6.85. The van der Waals surface area contributed by atoms with Crippen LogP contribution in [0.25, 0.3) is 0 Å². The van der Waals surface area contributed by atoms with E-state index in [4.69, 9.17) is 0 Å². The molecule has 0 bridgehead atoms. The summed E-state index contributed by atoms with van der Waals surface area (Å²) in [5.74, 6) is 0.246. The van der Waals surface area contributed by atoms with Gasteiger partial charge in [0.2, 0.25) is 0 Å². The van der Waals surface area contributed by atoms with Crippen LogP contribution in [0, 0.1) is 11.3 Å². The molecule has 1 fully saturated rings. The van der Waals surface area contributed by atoms with Crippen molar-refractivity contribution < 1.29 is 10.2 Å². The molecule has 0 aromatic heterocycles. The Bertz CT molecular complexity index is 261. The molecule has 0 radical (unpaired) electrons. The lowest BCUT2D eigenvalue weighted by Crippen LogP contribution is -2.47. The van der Waals surface area contributed by atoms with Gasteiger partial charge in [-0.25, -0.2) is 0 Å². The first-order valence-corrected chi connectivity index (χ1v) is 6.69. The molecule has 2 N–H and O–H groups in total. The molecule has 2 nitrogen and oxygen atoms in total. The predicted octanol–water partition coefficient (Wildman–Crippen LogP) is 3.28. The van der Waals surface area contributed by atoms with E-state index in [2.05, 4.69) is 20.4 Å². The van der Waals surface area contributed by atoms with Gasteiger partial charge in [0.25, 0.3) is 0 Å². The molecule has 1 rings (SSSR count). The molecule has 0 heterocycles. The van der Waals surface area contributed by atoms with Crippen molar-refractivity contribution in [3.8, 4) is 0 Å². The minimum absolute atomic E-state index is 0.152. The molecule has 2 heteroatoms. The number of rotatable bonds is 4. The van der Waals surface area contributed by atoms with Gasteiger partial charge in [-0.15, -0.1) is 6.58 Å². The summed E-state index contributed by atoms with van der Waals surface area (Å²) in [6.45, 7) is 11.8. The maximum Gasteiger partial charge on any atom is 0.0797 e. The van der Waals surface area contributed by atoms with E-state index in [1.54, 1.807) is 13.0 Å². The zero-order valence-electron chi connectivity index (χ0n) is 11.8.